The topological polar surface area (TPSA) is 16.1 Å². The quantitative estimate of drug-likeness (QED) is 0.690. The van der Waals surface area contributed by atoms with Gasteiger partial charge in [0.1, 0.15) is 5.15 Å². The normalized spacial score (nSPS) is 10.8. The van der Waals surface area contributed by atoms with Gasteiger partial charge in [-0.05, 0) is 45.6 Å². The number of hydrogen-bond acceptors (Lipinski definition) is 2. The van der Waals surface area contributed by atoms with Crippen LogP contribution in [-0.4, -0.2) is 30.5 Å². The Morgan fingerprint density at radius 3 is 2.77 bits per heavy atom. The van der Waals surface area contributed by atoms with Gasteiger partial charge < -0.3 is 4.90 Å². The van der Waals surface area contributed by atoms with Crippen LogP contribution in [0.1, 0.15) is 12.1 Å². The first kappa shape index (κ1) is 10.5. The van der Waals surface area contributed by atoms with Crippen LogP contribution >= 0.6 is 11.6 Å². The molecule has 0 saturated heterocycles. The smallest absolute Gasteiger partial charge is 0.129 e. The first-order valence-electron chi connectivity index (χ1n) is 4.44. The van der Waals surface area contributed by atoms with E-state index in [9.17, 15) is 0 Å². The molecule has 0 aliphatic rings. The Bertz CT molecular complexity index is 261. The highest BCUT2D eigenvalue weighted by molar-refractivity contribution is 6.29. The number of pyridine rings is 1. The average Bonchev–Trinajstić information content (AvgIpc) is 2.03. The second-order valence-electron chi connectivity index (χ2n) is 3.36. The van der Waals surface area contributed by atoms with Crippen molar-refractivity contribution in [3.05, 3.63) is 29.0 Å². The fraction of sp³-hybridized carbons (Fsp3) is 0.500. The van der Waals surface area contributed by atoms with Crippen LogP contribution in [0.4, 0.5) is 0 Å². The largest absolute Gasteiger partial charge is 0.309 e. The van der Waals surface area contributed by atoms with Gasteiger partial charge in [-0.25, -0.2) is 4.98 Å². The fourth-order valence-electron chi connectivity index (χ4n) is 1.17. The molecule has 0 aliphatic heterocycles. The van der Waals surface area contributed by atoms with Crippen molar-refractivity contribution in [1.82, 2.24) is 9.88 Å². The van der Waals surface area contributed by atoms with E-state index >= 15 is 0 Å². The van der Waals surface area contributed by atoms with Crippen LogP contribution in [0.15, 0.2) is 18.2 Å². The highest BCUT2D eigenvalue weighted by atomic mass is 35.5. The summed E-state index contributed by atoms with van der Waals surface area (Å²) >= 11 is 5.76. The molecule has 0 unspecified atom stereocenters. The summed E-state index contributed by atoms with van der Waals surface area (Å²) in [5.74, 6) is 0. The van der Waals surface area contributed by atoms with Crippen LogP contribution in [0.25, 0.3) is 0 Å². The van der Waals surface area contributed by atoms with Gasteiger partial charge in [0.05, 0.1) is 0 Å². The third kappa shape index (κ3) is 4.25. The number of hydrogen-bond donors (Lipinski definition) is 0. The minimum atomic E-state index is 0.586. The predicted molar refractivity (Wildman–Crippen MR) is 56.1 cm³/mol. The first-order valence-corrected chi connectivity index (χ1v) is 4.82. The highest BCUT2D eigenvalue weighted by Gasteiger charge is 1.96. The lowest BCUT2D eigenvalue weighted by atomic mass is 10.2. The van der Waals surface area contributed by atoms with Crippen LogP contribution < -0.4 is 0 Å². The summed E-state index contributed by atoms with van der Waals surface area (Å²) in [5.41, 5.74) is 1.08. The van der Waals surface area contributed by atoms with Crippen molar-refractivity contribution in [1.29, 1.82) is 0 Å². The van der Waals surface area contributed by atoms with E-state index in [2.05, 4.69) is 24.0 Å². The Morgan fingerprint density at radius 1 is 1.38 bits per heavy atom. The third-order valence-electron chi connectivity index (χ3n) is 1.81. The van der Waals surface area contributed by atoms with Gasteiger partial charge in [-0.1, -0.05) is 17.7 Å². The maximum atomic E-state index is 5.76. The number of nitrogens with zero attached hydrogens (tertiary/aromatic N) is 2. The molecule has 0 aromatic carbocycles. The van der Waals surface area contributed by atoms with Gasteiger partial charge in [-0.2, -0.15) is 0 Å². The molecule has 1 rings (SSSR count). The molecule has 0 spiro atoms. The van der Waals surface area contributed by atoms with Crippen LogP contribution in [-0.2, 0) is 6.42 Å². The van der Waals surface area contributed by atoms with Crippen molar-refractivity contribution in [2.45, 2.75) is 12.8 Å². The Morgan fingerprint density at radius 2 is 2.15 bits per heavy atom. The molecular weight excluding hydrogens is 184 g/mol. The first-order chi connectivity index (χ1) is 6.18. The van der Waals surface area contributed by atoms with Crippen LogP contribution in [0, 0.1) is 0 Å². The van der Waals surface area contributed by atoms with Crippen molar-refractivity contribution in [2.24, 2.45) is 0 Å². The molecule has 1 aromatic rings. The SMILES string of the molecule is CN(C)CCCc1cccc(Cl)n1. The fourth-order valence-corrected chi connectivity index (χ4v) is 1.35. The Hall–Kier alpha value is -0.600. The van der Waals surface area contributed by atoms with Crippen LogP contribution in [0.3, 0.4) is 0 Å². The van der Waals surface area contributed by atoms with E-state index in [0.29, 0.717) is 5.15 Å². The van der Waals surface area contributed by atoms with Crippen molar-refractivity contribution in [3.8, 4) is 0 Å². The Labute approximate surface area is 84.5 Å². The molecule has 0 radical (unpaired) electrons. The summed E-state index contributed by atoms with van der Waals surface area (Å²) in [5, 5.41) is 0.586. The molecule has 0 amide bonds. The summed E-state index contributed by atoms with van der Waals surface area (Å²) in [7, 11) is 4.15. The molecule has 3 heteroatoms. The predicted octanol–water partition coefficient (Wildman–Crippen LogP) is 2.23. The average molecular weight is 199 g/mol. The summed E-state index contributed by atoms with van der Waals surface area (Å²) in [6.07, 6.45) is 2.12. The second-order valence-corrected chi connectivity index (χ2v) is 3.75. The van der Waals surface area contributed by atoms with E-state index < -0.39 is 0 Å². The highest BCUT2D eigenvalue weighted by Crippen LogP contribution is 2.06. The number of halogens is 1. The second kappa shape index (κ2) is 5.20. The number of aromatic nitrogens is 1. The molecule has 13 heavy (non-hydrogen) atoms. The maximum Gasteiger partial charge on any atom is 0.129 e. The molecule has 0 fully saturated rings. The standard InChI is InChI=1S/C10H15ClN2/c1-13(2)8-4-6-9-5-3-7-10(11)12-9/h3,5,7H,4,6,8H2,1-2H3. The lowest BCUT2D eigenvalue weighted by Gasteiger charge is -2.08. The van der Waals surface area contributed by atoms with Gasteiger partial charge >= 0.3 is 0 Å². The van der Waals surface area contributed by atoms with Gasteiger partial charge in [-0.15, -0.1) is 0 Å². The van der Waals surface area contributed by atoms with Gasteiger partial charge in [0.2, 0.25) is 0 Å². The molecular formula is C10H15ClN2. The molecule has 1 aromatic heterocycles. The summed E-state index contributed by atoms with van der Waals surface area (Å²) in [6.45, 7) is 1.09. The number of rotatable bonds is 4. The van der Waals surface area contributed by atoms with E-state index in [1.807, 2.05) is 12.1 Å². The minimum absolute atomic E-state index is 0.586. The third-order valence-corrected chi connectivity index (χ3v) is 2.02. The van der Waals surface area contributed by atoms with Crippen LogP contribution in [0.5, 0.6) is 0 Å². The van der Waals surface area contributed by atoms with E-state index in [1.165, 1.54) is 0 Å². The molecule has 0 atom stereocenters. The van der Waals surface area contributed by atoms with Crippen molar-refractivity contribution in [3.63, 3.8) is 0 Å². The van der Waals surface area contributed by atoms with Gasteiger partial charge in [0.15, 0.2) is 0 Å². The Kier molecular flexibility index (Phi) is 4.19. The molecule has 0 bridgehead atoms. The molecule has 0 saturated carbocycles. The van der Waals surface area contributed by atoms with E-state index in [1.54, 1.807) is 6.07 Å². The molecule has 72 valence electrons. The Balaban J connectivity index is 2.37. The zero-order chi connectivity index (χ0) is 9.68. The van der Waals surface area contributed by atoms with E-state index in [0.717, 1.165) is 25.1 Å². The summed E-state index contributed by atoms with van der Waals surface area (Å²) < 4.78 is 0. The molecule has 0 aliphatic carbocycles. The maximum absolute atomic E-state index is 5.76. The summed E-state index contributed by atoms with van der Waals surface area (Å²) in [4.78, 5) is 6.39. The van der Waals surface area contributed by atoms with Crippen LogP contribution in [0.2, 0.25) is 5.15 Å². The van der Waals surface area contributed by atoms with Crippen molar-refractivity contribution >= 4 is 11.6 Å². The number of aryl methyl sites for hydroxylation is 1. The monoisotopic (exact) mass is 198 g/mol. The van der Waals surface area contributed by atoms with Crippen molar-refractivity contribution in [2.75, 3.05) is 20.6 Å². The minimum Gasteiger partial charge on any atom is -0.309 e. The van der Waals surface area contributed by atoms with E-state index in [4.69, 9.17) is 11.6 Å². The van der Waals surface area contributed by atoms with Gasteiger partial charge in [0, 0.05) is 5.69 Å². The zero-order valence-corrected chi connectivity index (χ0v) is 8.88. The molecule has 0 N–H and O–H groups in total. The lowest BCUT2D eigenvalue weighted by molar-refractivity contribution is 0.399. The molecule has 1 heterocycles. The summed E-state index contributed by atoms with van der Waals surface area (Å²) in [6, 6.07) is 5.76. The molecule has 2 nitrogen and oxygen atoms in total. The van der Waals surface area contributed by atoms with Gasteiger partial charge in [-0.3, -0.25) is 0 Å². The lowest BCUT2D eigenvalue weighted by Crippen LogP contribution is -2.13. The van der Waals surface area contributed by atoms with E-state index in [-0.39, 0.29) is 0 Å². The van der Waals surface area contributed by atoms with Crippen molar-refractivity contribution < 1.29 is 0 Å². The zero-order valence-electron chi connectivity index (χ0n) is 8.13. The van der Waals surface area contributed by atoms with Gasteiger partial charge in [0.25, 0.3) is 0 Å².